The summed E-state index contributed by atoms with van der Waals surface area (Å²) in [6.45, 7) is 0.0877. The van der Waals surface area contributed by atoms with Crippen molar-refractivity contribution < 1.29 is 13.9 Å². The van der Waals surface area contributed by atoms with Gasteiger partial charge in [0.2, 0.25) is 11.9 Å². The molecule has 2 heterocycles. The molecule has 2 aromatic carbocycles. The topological polar surface area (TPSA) is 69.0 Å². The van der Waals surface area contributed by atoms with Crippen LogP contribution in [0.15, 0.2) is 53.3 Å². The molecule has 1 N–H and O–H groups in total. The highest BCUT2D eigenvalue weighted by Gasteiger charge is 2.30. The Bertz CT molecular complexity index is 975. The van der Waals surface area contributed by atoms with Crippen molar-refractivity contribution in [3.8, 4) is 5.75 Å². The van der Waals surface area contributed by atoms with Crippen molar-refractivity contribution >= 4 is 27.8 Å². The minimum absolute atomic E-state index is 0.0877. The first-order valence-electron chi connectivity index (χ1n) is 7.97. The first kappa shape index (κ1) is 16.7. The van der Waals surface area contributed by atoms with Crippen LogP contribution >= 0.6 is 15.9 Å². The molecule has 6 nitrogen and oxygen atoms in total. The van der Waals surface area contributed by atoms with Crippen molar-refractivity contribution in [2.24, 2.45) is 0 Å². The van der Waals surface area contributed by atoms with Gasteiger partial charge in [-0.05, 0) is 24.3 Å². The number of benzene rings is 2. The number of hydrogen-bond acceptors (Lipinski definition) is 4. The van der Waals surface area contributed by atoms with Gasteiger partial charge >= 0.3 is 0 Å². The lowest BCUT2D eigenvalue weighted by atomic mass is 10.0. The number of hydrogen-bond donors (Lipinski definition) is 1. The molecule has 132 valence electrons. The molecule has 1 atom stereocenters. The Balaban J connectivity index is 1.68. The second kappa shape index (κ2) is 6.87. The van der Waals surface area contributed by atoms with Gasteiger partial charge in [0.1, 0.15) is 24.5 Å². The van der Waals surface area contributed by atoms with Crippen LogP contribution in [0.25, 0.3) is 0 Å². The van der Waals surface area contributed by atoms with E-state index < -0.39 is 0 Å². The smallest absolute Gasteiger partial charge is 0.229 e. The average Bonchev–Trinajstić information content (AvgIpc) is 3.09. The van der Waals surface area contributed by atoms with Crippen LogP contribution in [0.1, 0.15) is 23.6 Å². The predicted octanol–water partition coefficient (Wildman–Crippen LogP) is 3.69. The molecule has 0 fully saturated rings. The number of ether oxygens (including phenoxy) is 1. The van der Waals surface area contributed by atoms with Crippen LogP contribution in [0, 0.1) is 5.82 Å². The lowest BCUT2D eigenvalue weighted by Crippen LogP contribution is -2.29. The van der Waals surface area contributed by atoms with E-state index in [2.05, 4.69) is 31.3 Å². The Labute approximate surface area is 157 Å². The Morgan fingerprint density at radius 3 is 3.00 bits per heavy atom. The number of nitrogens with one attached hydrogen (secondary N) is 1. The monoisotopic (exact) mass is 416 g/mol. The van der Waals surface area contributed by atoms with E-state index in [1.807, 2.05) is 12.1 Å². The molecule has 1 aliphatic heterocycles. The third-order valence-electron chi connectivity index (χ3n) is 4.17. The Morgan fingerprint density at radius 1 is 1.31 bits per heavy atom. The van der Waals surface area contributed by atoms with Gasteiger partial charge in [-0.25, -0.2) is 9.07 Å². The highest BCUT2D eigenvalue weighted by atomic mass is 79.9. The van der Waals surface area contributed by atoms with Crippen molar-refractivity contribution in [2.75, 3.05) is 5.32 Å². The number of nitrogens with zero attached hydrogens (tertiary/aromatic N) is 3. The molecule has 0 radical (unpaired) electrons. The third-order valence-corrected chi connectivity index (χ3v) is 4.66. The molecule has 0 saturated carbocycles. The van der Waals surface area contributed by atoms with Gasteiger partial charge in [-0.2, -0.15) is 10.1 Å². The summed E-state index contributed by atoms with van der Waals surface area (Å²) in [7, 11) is 0. The largest absolute Gasteiger partial charge is 0.488 e. The van der Waals surface area contributed by atoms with Crippen LogP contribution < -0.4 is 10.1 Å². The summed E-state index contributed by atoms with van der Waals surface area (Å²) >= 11 is 3.46. The zero-order valence-electron chi connectivity index (χ0n) is 13.5. The first-order chi connectivity index (χ1) is 12.6. The number of anilines is 1. The number of aromatic nitrogens is 3. The Kier molecular flexibility index (Phi) is 4.42. The summed E-state index contributed by atoms with van der Waals surface area (Å²) < 4.78 is 22.2. The molecule has 1 amide bonds. The number of halogens is 2. The summed E-state index contributed by atoms with van der Waals surface area (Å²) in [4.78, 5) is 16.1. The van der Waals surface area contributed by atoms with Crippen molar-refractivity contribution in [2.45, 2.75) is 19.1 Å². The third kappa shape index (κ3) is 3.20. The lowest BCUT2D eigenvalue weighted by Gasteiger charge is -2.25. The second-order valence-corrected chi connectivity index (χ2v) is 6.77. The molecule has 0 aliphatic carbocycles. The van der Waals surface area contributed by atoms with E-state index in [9.17, 15) is 9.18 Å². The number of fused-ring (bicyclic) bond motifs is 1. The maximum atomic E-state index is 13.9. The summed E-state index contributed by atoms with van der Waals surface area (Å²) in [6.07, 6.45) is 1.61. The maximum absolute atomic E-state index is 13.9. The normalized spacial score (nSPS) is 16.1. The number of amides is 1. The minimum atomic E-state index is -0.352. The molecule has 0 saturated heterocycles. The molecule has 1 aliphatic rings. The summed E-state index contributed by atoms with van der Waals surface area (Å²) in [5.74, 6) is 0.501. The van der Waals surface area contributed by atoms with Crippen LogP contribution in [-0.4, -0.2) is 20.7 Å². The van der Waals surface area contributed by atoms with E-state index in [1.54, 1.807) is 28.9 Å². The van der Waals surface area contributed by atoms with Crippen molar-refractivity contribution in [1.82, 2.24) is 14.8 Å². The fourth-order valence-corrected chi connectivity index (χ4v) is 3.31. The minimum Gasteiger partial charge on any atom is -0.488 e. The predicted molar refractivity (Wildman–Crippen MR) is 96.3 cm³/mol. The highest BCUT2D eigenvalue weighted by molar-refractivity contribution is 9.10. The van der Waals surface area contributed by atoms with Crippen molar-refractivity contribution in [3.05, 3.63) is 70.2 Å². The fraction of sp³-hybridized carbons (Fsp3) is 0.167. The van der Waals surface area contributed by atoms with Gasteiger partial charge in [0.05, 0.1) is 12.5 Å². The van der Waals surface area contributed by atoms with E-state index in [0.717, 1.165) is 10.0 Å². The van der Waals surface area contributed by atoms with E-state index in [0.29, 0.717) is 17.3 Å². The van der Waals surface area contributed by atoms with Crippen LogP contribution in [-0.2, 0) is 11.4 Å². The van der Waals surface area contributed by atoms with E-state index >= 15 is 0 Å². The molecule has 4 rings (SSSR count). The molecule has 0 unspecified atom stereocenters. The average molecular weight is 417 g/mol. The number of rotatable bonds is 4. The molecule has 3 aromatic rings. The van der Waals surface area contributed by atoms with E-state index in [-0.39, 0.29) is 30.8 Å². The van der Waals surface area contributed by atoms with Gasteiger partial charge in [-0.1, -0.05) is 34.1 Å². The van der Waals surface area contributed by atoms with Gasteiger partial charge in [0.15, 0.2) is 0 Å². The van der Waals surface area contributed by atoms with Gasteiger partial charge in [-0.15, -0.1) is 0 Å². The zero-order chi connectivity index (χ0) is 18.1. The summed E-state index contributed by atoms with van der Waals surface area (Å²) in [5.41, 5.74) is 1.24. The highest BCUT2D eigenvalue weighted by Crippen LogP contribution is 2.36. The van der Waals surface area contributed by atoms with E-state index in [4.69, 9.17) is 4.74 Å². The molecule has 1 aromatic heterocycles. The molecular formula is C18H14BrFN4O2. The SMILES string of the molecule is O=C1C[C@@H](c2cc(Br)ccc2OCc2ccccc2F)n2ncnc2N1. The Hall–Kier alpha value is -2.74. The standard InChI is InChI=1S/C18H14BrFN4O2/c19-12-5-6-16(26-9-11-3-1-2-4-14(11)20)13(7-12)15-8-17(25)23-18-21-10-22-24(15)18/h1-7,10,15H,8-9H2,(H,21,22,23,25)/t15-/m0/s1. The fourth-order valence-electron chi connectivity index (χ4n) is 2.93. The molecular weight excluding hydrogens is 403 g/mol. The molecule has 0 bridgehead atoms. The second-order valence-electron chi connectivity index (χ2n) is 5.86. The summed E-state index contributed by atoms with van der Waals surface area (Å²) in [5, 5.41) is 6.90. The quantitative estimate of drug-likeness (QED) is 0.703. The molecule has 8 heteroatoms. The van der Waals surface area contributed by atoms with Crippen molar-refractivity contribution in [3.63, 3.8) is 0 Å². The van der Waals surface area contributed by atoms with Crippen LogP contribution in [0.3, 0.4) is 0 Å². The van der Waals surface area contributed by atoms with Crippen LogP contribution in [0.4, 0.5) is 10.3 Å². The number of carbonyl (C=O) groups excluding carboxylic acids is 1. The van der Waals surface area contributed by atoms with Gasteiger partial charge in [0, 0.05) is 15.6 Å². The lowest BCUT2D eigenvalue weighted by molar-refractivity contribution is -0.117. The van der Waals surface area contributed by atoms with Gasteiger partial charge < -0.3 is 4.74 Å². The zero-order valence-corrected chi connectivity index (χ0v) is 15.1. The summed E-state index contributed by atoms with van der Waals surface area (Å²) in [6, 6.07) is 11.6. The van der Waals surface area contributed by atoms with Gasteiger partial charge in [0.25, 0.3) is 0 Å². The Morgan fingerprint density at radius 2 is 2.15 bits per heavy atom. The molecule has 0 spiro atoms. The van der Waals surface area contributed by atoms with Crippen LogP contribution in [0.5, 0.6) is 5.75 Å². The maximum Gasteiger partial charge on any atom is 0.229 e. The molecule has 26 heavy (non-hydrogen) atoms. The van der Waals surface area contributed by atoms with Crippen LogP contribution in [0.2, 0.25) is 0 Å². The van der Waals surface area contributed by atoms with Gasteiger partial charge in [-0.3, -0.25) is 10.1 Å². The number of carbonyl (C=O) groups is 1. The van der Waals surface area contributed by atoms with E-state index in [1.165, 1.54) is 12.4 Å². The first-order valence-corrected chi connectivity index (χ1v) is 8.76. The van der Waals surface area contributed by atoms with Crippen molar-refractivity contribution in [1.29, 1.82) is 0 Å².